The van der Waals surface area contributed by atoms with E-state index in [0.717, 1.165) is 11.4 Å². The number of nitrogens with one attached hydrogen (secondary N) is 1. The van der Waals surface area contributed by atoms with Crippen molar-refractivity contribution in [3.05, 3.63) is 109 Å². The Morgan fingerprint density at radius 3 is 1.74 bits per heavy atom. The fourth-order valence-electron chi connectivity index (χ4n) is 3.58. The molecule has 27 heavy (non-hydrogen) atoms. The van der Waals surface area contributed by atoms with E-state index in [9.17, 15) is 0 Å². The van der Waals surface area contributed by atoms with Crippen LogP contribution in [0.3, 0.4) is 0 Å². The monoisotopic (exact) mass is 345 g/mol. The van der Waals surface area contributed by atoms with E-state index >= 15 is 0 Å². The van der Waals surface area contributed by atoms with Gasteiger partial charge >= 0.3 is 0 Å². The van der Waals surface area contributed by atoms with E-state index in [1.807, 2.05) is 0 Å². The second-order valence-electron chi connectivity index (χ2n) is 6.83. The highest BCUT2D eigenvalue weighted by atomic mass is 14.9. The third kappa shape index (κ3) is 3.16. The van der Waals surface area contributed by atoms with Crippen molar-refractivity contribution in [1.82, 2.24) is 0 Å². The number of fused-ring (bicyclic) bond motifs is 2. The summed E-state index contributed by atoms with van der Waals surface area (Å²) in [4.78, 5) is 0. The van der Waals surface area contributed by atoms with Gasteiger partial charge in [-0.1, -0.05) is 78.9 Å². The van der Waals surface area contributed by atoms with Gasteiger partial charge in [0.2, 0.25) is 0 Å². The van der Waals surface area contributed by atoms with Gasteiger partial charge in [-0.2, -0.15) is 0 Å². The molecule has 0 amide bonds. The zero-order valence-electron chi connectivity index (χ0n) is 14.9. The summed E-state index contributed by atoms with van der Waals surface area (Å²) in [6.45, 7) is 0. The Morgan fingerprint density at radius 1 is 0.370 bits per heavy atom. The first-order valence-electron chi connectivity index (χ1n) is 9.20. The van der Waals surface area contributed by atoms with Crippen LogP contribution in [0.1, 0.15) is 0 Å². The first-order valence-corrected chi connectivity index (χ1v) is 9.20. The fraction of sp³-hybridized carbons (Fsp3) is 0. The van der Waals surface area contributed by atoms with Crippen LogP contribution in [0.4, 0.5) is 11.4 Å². The van der Waals surface area contributed by atoms with Crippen LogP contribution in [-0.2, 0) is 0 Å². The smallest absolute Gasteiger partial charge is 0.0390 e. The molecule has 0 bridgehead atoms. The van der Waals surface area contributed by atoms with Crippen LogP contribution in [-0.4, -0.2) is 0 Å². The molecule has 1 heteroatoms. The molecule has 5 rings (SSSR count). The fourth-order valence-corrected chi connectivity index (χ4v) is 3.58. The summed E-state index contributed by atoms with van der Waals surface area (Å²) in [5.74, 6) is 0. The van der Waals surface area contributed by atoms with Crippen molar-refractivity contribution < 1.29 is 0 Å². The Labute approximate surface area is 158 Å². The van der Waals surface area contributed by atoms with Crippen LogP contribution >= 0.6 is 0 Å². The highest BCUT2D eigenvalue weighted by Gasteiger charge is 2.02. The van der Waals surface area contributed by atoms with E-state index in [-0.39, 0.29) is 0 Å². The molecule has 0 spiro atoms. The summed E-state index contributed by atoms with van der Waals surface area (Å²) >= 11 is 0. The van der Waals surface area contributed by atoms with Gasteiger partial charge in [0.05, 0.1) is 0 Å². The molecule has 0 heterocycles. The first kappa shape index (κ1) is 15.7. The van der Waals surface area contributed by atoms with Gasteiger partial charge in [0, 0.05) is 11.4 Å². The highest BCUT2D eigenvalue weighted by molar-refractivity contribution is 5.88. The normalized spacial score (nSPS) is 11.0. The summed E-state index contributed by atoms with van der Waals surface area (Å²) in [5.41, 5.74) is 4.64. The Kier molecular flexibility index (Phi) is 3.84. The first-order chi connectivity index (χ1) is 13.3. The predicted octanol–water partition coefficient (Wildman–Crippen LogP) is 7.40. The highest BCUT2D eigenvalue weighted by Crippen LogP contribution is 2.28. The maximum Gasteiger partial charge on any atom is 0.0390 e. The maximum absolute atomic E-state index is 3.54. The van der Waals surface area contributed by atoms with Crippen LogP contribution in [0.15, 0.2) is 109 Å². The second-order valence-corrected chi connectivity index (χ2v) is 6.83. The standard InChI is InChI=1S/C26H19N/c1-3-8-21-16-24(13-12-19(21)6-1)23-10-5-11-25(18-23)27-26-15-14-20-7-2-4-9-22(20)17-26/h1-18,27H. The molecule has 0 aliphatic carbocycles. The molecule has 0 unspecified atom stereocenters. The van der Waals surface area contributed by atoms with Gasteiger partial charge in [0.15, 0.2) is 0 Å². The zero-order chi connectivity index (χ0) is 18.1. The summed E-state index contributed by atoms with van der Waals surface area (Å²) < 4.78 is 0. The van der Waals surface area contributed by atoms with Gasteiger partial charge in [0.1, 0.15) is 0 Å². The molecule has 0 aliphatic heterocycles. The minimum absolute atomic E-state index is 1.09. The summed E-state index contributed by atoms with van der Waals surface area (Å²) in [6.07, 6.45) is 0. The van der Waals surface area contributed by atoms with Gasteiger partial charge < -0.3 is 5.32 Å². The van der Waals surface area contributed by atoms with E-state index in [0.29, 0.717) is 0 Å². The summed E-state index contributed by atoms with van der Waals surface area (Å²) in [6, 6.07) is 38.6. The van der Waals surface area contributed by atoms with Crippen LogP contribution in [0.25, 0.3) is 32.7 Å². The Bertz CT molecular complexity index is 1250. The van der Waals surface area contributed by atoms with Crippen molar-refractivity contribution in [2.24, 2.45) is 0 Å². The molecule has 1 nitrogen and oxygen atoms in total. The van der Waals surface area contributed by atoms with Gasteiger partial charge in [0.25, 0.3) is 0 Å². The van der Waals surface area contributed by atoms with Crippen LogP contribution in [0.5, 0.6) is 0 Å². The molecule has 0 saturated carbocycles. The lowest BCUT2D eigenvalue weighted by Crippen LogP contribution is -1.90. The molecular weight excluding hydrogens is 326 g/mol. The lowest BCUT2D eigenvalue weighted by molar-refractivity contribution is 1.56. The number of hydrogen-bond acceptors (Lipinski definition) is 1. The maximum atomic E-state index is 3.54. The van der Waals surface area contributed by atoms with Crippen molar-refractivity contribution in [1.29, 1.82) is 0 Å². The Balaban J connectivity index is 1.48. The average Bonchev–Trinajstić information content (AvgIpc) is 2.73. The minimum Gasteiger partial charge on any atom is -0.355 e. The van der Waals surface area contributed by atoms with Crippen LogP contribution in [0.2, 0.25) is 0 Å². The number of rotatable bonds is 3. The van der Waals surface area contributed by atoms with Crippen molar-refractivity contribution in [3.8, 4) is 11.1 Å². The SMILES string of the molecule is c1cc(Nc2ccc3ccccc3c2)cc(-c2ccc3ccccc3c2)c1. The quantitative estimate of drug-likeness (QED) is 0.359. The van der Waals surface area contributed by atoms with Gasteiger partial charge in [-0.3, -0.25) is 0 Å². The number of anilines is 2. The van der Waals surface area contributed by atoms with E-state index in [1.165, 1.54) is 32.7 Å². The van der Waals surface area contributed by atoms with Crippen molar-refractivity contribution in [2.45, 2.75) is 0 Å². The molecule has 1 N–H and O–H groups in total. The lowest BCUT2D eigenvalue weighted by Gasteiger charge is -2.10. The minimum atomic E-state index is 1.09. The van der Waals surface area contributed by atoms with E-state index in [1.54, 1.807) is 0 Å². The summed E-state index contributed by atoms with van der Waals surface area (Å²) in [5, 5.41) is 8.58. The van der Waals surface area contributed by atoms with E-state index in [4.69, 9.17) is 0 Å². The molecule has 0 aliphatic rings. The molecule has 5 aromatic rings. The van der Waals surface area contributed by atoms with Gasteiger partial charge in [-0.05, 0) is 63.0 Å². The molecule has 0 radical (unpaired) electrons. The van der Waals surface area contributed by atoms with Crippen molar-refractivity contribution >= 4 is 32.9 Å². The van der Waals surface area contributed by atoms with Crippen molar-refractivity contribution in [2.75, 3.05) is 5.32 Å². The van der Waals surface area contributed by atoms with Crippen molar-refractivity contribution in [3.63, 3.8) is 0 Å². The molecule has 5 aromatic carbocycles. The third-order valence-corrected chi connectivity index (χ3v) is 4.98. The van der Waals surface area contributed by atoms with Gasteiger partial charge in [-0.25, -0.2) is 0 Å². The molecule has 0 fully saturated rings. The molecule has 0 saturated heterocycles. The largest absolute Gasteiger partial charge is 0.355 e. The molecule has 0 aromatic heterocycles. The lowest BCUT2D eigenvalue weighted by atomic mass is 10.0. The number of hydrogen-bond donors (Lipinski definition) is 1. The molecule has 0 atom stereocenters. The average molecular weight is 345 g/mol. The van der Waals surface area contributed by atoms with E-state index < -0.39 is 0 Å². The predicted molar refractivity (Wildman–Crippen MR) is 117 cm³/mol. The zero-order valence-corrected chi connectivity index (χ0v) is 14.9. The van der Waals surface area contributed by atoms with Crippen LogP contribution in [0, 0.1) is 0 Å². The Morgan fingerprint density at radius 2 is 0.963 bits per heavy atom. The Hall–Kier alpha value is -3.58. The third-order valence-electron chi connectivity index (χ3n) is 4.98. The second kappa shape index (κ2) is 6.62. The summed E-state index contributed by atoms with van der Waals surface area (Å²) in [7, 11) is 0. The van der Waals surface area contributed by atoms with E-state index in [2.05, 4.69) is 115 Å². The molecular formula is C26H19N. The number of benzene rings is 5. The van der Waals surface area contributed by atoms with Gasteiger partial charge in [-0.15, -0.1) is 0 Å². The van der Waals surface area contributed by atoms with Crippen LogP contribution < -0.4 is 5.32 Å². The topological polar surface area (TPSA) is 12.0 Å². The molecule has 128 valence electrons.